The molecule has 0 spiro atoms. The molecule has 7 heteroatoms. The van der Waals surface area contributed by atoms with E-state index in [1.54, 1.807) is 12.4 Å². The summed E-state index contributed by atoms with van der Waals surface area (Å²) >= 11 is 0. The number of rotatable bonds is 5. The fraction of sp³-hybridized carbons (Fsp3) is 0.333. The predicted octanol–water partition coefficient (Wildman–Crippen LogP) is 2.11. The molecule has 6 nitrogen and oxygen atoms in total. The molecule has 0 fully saturated rings. The summed E-state index contributed by atoms with van der Waals surface area (Å²) in [6.07, 6.45) is 7.30. The first kappa shape index (κ1) is 16.2. The van der Waals surface area contributed by atoms with Crippen LogP contribution in [-0.4, -0.2) is 29.5 Å². The number of para-hydroxylation sites is 1. The highest BCUT2D eigenvalue weighted by Crippen LogP contribution is 2.20. The lowest BCUT2D eigenvalue weighted by Crippen LogP contribution is -2.34. The monoisotopic (exact) mass is 356 g/mol. The lowest BCUT2D eigenvalue weighted by Gasteiger charge is -2.24. The summed E-state index contributed by atoms with van der Waals surface area (Å²) in [6, 6.07) is 9.43. The number of fused-ring (bicyclic) bond motifs is 2. The standard InChI is InChI=1S/C18H20N4O2S/c23-25(24,13-16-4-1-3-15-5-2-8-20-18(15)16)21-11-14-6-7-17-19-9-10-22(17)12-14/h1-5,8-10,14,21H,6-7,11-13H2. The van der Waals surface area contributed by atoms with Gasteiger partial charge < -0.3 is 4.57 Å². The minimum absolute atomic E-state index is 0.0512. The maximum atomic E-state index is 12.5. The van der Waals surface area contributed by atoms with Crippen molar-refractivity contribution in [2.45, 2.75) is 25.1 Å². The first-order chi connectivity index (χ1) is 12.1. The summed E-state index contributed by atoms with van der Waals surface area (Å²) in [5, 5.41) is 0.954. The Balaban J connectivity index is 1.44. The molecule has 2 aromatic heterocycles. The zero-order valence-corrected chi connectivity index (χ0v) is 14.6. The molecule has 0 radical (unpaired) electrons. The number of hydrogen-bond donors (Lipinski definition) is 1. The lowest BCUT2D eigenvalue weighted by atomic mass is 10.00. The van der Waals surface area contributed by atoms with Crippen LogP contribution < -0.4 is 4.72 Å². The Morgan fingerprint density at radius 2 is 2.04 bits per heavy atom. The van der Waals surface area contributed by atoms with E-state index >= 15 is 0 Å². The van der Waals surface area contributed by atoms with Gasteiger partial charge in [0.05, 0.1) is 11.3 Å². The van der Waals surface area contributed by atoms with Crippen LogP contribution in [0.25, 0.3) is 10.9 Å². The van der Waals surface area contributed by atoms with Crippen molar-refractivity contribution >= 4 is 20.9 Å². The van der Waals surface area contributed by atoms with Crippen molar-refractivity contribution in [3.05, 3.63) is 60.3 Å². The normalized spacial score (nSPS) is 17.5. The number of aromatic nitrogens is 3. The number of nitrogens with zero attached hydrogens (tertiary/aromatic N) is 3. The number of hydrogen-bond acceptors (Lipinski definition) is 4. The summed E-state index contributed by atoms with van der Waals surface area (Å²) in [4.78, 5) is 8.63. The summed E-state index contributed by atoms with van der Waals surface area (Å²) in [6.45, 7) is 1.27. The highest BCUT2D eigenvalue weighted by atomic mass is 32.2. The van der Waals surface area contributed by atoms with E-state index in [0.29, 0.717) is 12.5 Å². The van der Waals surface area contributed by atoms with Crippen molar-refractivity contribution in [3.63, 3.8) is 0 Å². The van der Waals surface area contributed by atoms with E-state index in [2.05, 4.69) is 19.3 Å². The van der Waals surface area contributed by atoms with E-state index in [4.69, 9.17) is 0 Å². The van der Waals surface area contributed by atoms with Gasteiger partial charge >= 0.3 is 0 Å². The van der Waals surface area contributed by atoms with E-state index in [9.17, 15) is 8.42 Å². The van der Waals surface area contributed by atoms with Gasteiger partial charge in [0.1, 0.15) is 5.82 Å². The van der Waals surface area contributed by atoms with Crippen molar-refractivity contribution in [2.75, 3.05) is 6.54 Å². The average Bonchev–Trinajstić information content (AvgIpc) is 3.08. The fourth-order valence-corrected chi connectivity index (χ4v) is 4.62. The fourth-order valence-electron chi connectivity index (χ4n) is 3.39. The average molecular weight is 356 g/mol. The van der Waals surface area contributed by atoms with Gasteiger partial charge in [-0.05, 0) is 24.0 Å². The van der Waals surface area contributed by atoms with Crippen molar-refractivity contribution in [2.24, 2.45) is 5.92 Å². The van der Waals surface area contributed by atoms with Gasteiger partial charge in [-0.25, -0.2) is 18.1 Å². The number of nitrogens with one attached hydrogen (secondary N) is 1. The van der Waals surface area contributed by atoms with Gasteiger partial charge in [0, 0.05) is 43.5 Å². The first-order valence-electron chi connectivity index (χ1n) is 8.41. The molecule has 3 aromatic rings. The summed E-state index contributed by atoms with van der Waals surface area (Å²) in [7, 11) is -3.40. The molecular formula is C18H20N4O2S. The molecule has 25 heavy (non-hydrogen) atoms. The minimum Gasteiger partial charge on any atom is -0.335 e. The molecule has 0 saturated carbocycles. The number of imidazole rings is 1. The first-order valence-corrected chi connectivity index (χ1v) is 10.1. The van der Waals surface area contributed by atoms with Crippen LogP contribution in [0.15, 0.2) is 48.9 Å². The SMILES string of the molecule is O=S(=O)(Cc1cccc2cccnc12)NCC1CCc2nccn2C1. The third kappa shape index (κ3) is 3.57. The molecule has 0 aliphatic carbocycles. The Labute approximate surface area is 147 Å². The quantitative estimate of drug-likeness (QED) is 0.760. The second kappa shape index (κ2) is 6.57. The molecule has 1 aliphatic heterocycles. The second-order valence-electron chi connectivity index (χ2n) is 6.50. The van der Waals surface area contributed by atoms with Gasteiger partial charge in [-0.1, -0.05) is 24.3 Å². The molecular weight excluding hydrogens is 336 g/mol. The van der Waals surface area contributed by atoms with Gasteiger partial charge in [-0.2, -0.15) is 0 Å². The molecule has 1 atom stereocenters. The molecule has 1 unspecified atom stereocenters. The molecule has 0 saturated heterocycles. The molecule has 4 rings (SSSR count). The Morgan fingerprint density at radius 3 is 2.96 bits per heavy atom. The van der Waals surface area contributed by atoms with Crippen LogP contribution >= 0.6 is 0 Å². The van der Waals surface area contributed by atoms with Crippen LogP contribution in [-0.2, 0) is 28.7 Å². The second-order valence-corrected chi connectivity index (χ2v) is 8.31. The van der Waals surface area contributed by atoms with Crippen molar-refractivity contribution in [3.8, 4) is 0 Å². The molecule has 1 N–H and O–H groups in total. The summed E-state index contributed by atoms with van der Waals surface area (Å²) < 4.78 is 29.9. The van der Waals surface area contributed by atoms with Crippen LogP contribution in [0, 0.1) is 5.92 Å². The Bertz CT molecular complexity index is 992. The van der Waals surface area contributed by atoms with Crippen molar-refractivity contribution < 1.29 is 8.42 Å². The molecule has 3 heterocycles. The van der Waals surface area contributed by atoms with Crippen molar-refractivity contribution in [1.82, 2.24) is 19.3 Å². The lowest BCUT2D eigenvalue weighted by molar-refractivity contribution is 0.363. The Hall–Kier alpha value is -2.25. The maximum absolute atomic E-state index is 12.5. The molecule has 1 aromatic carbocycles. The number of aryl methyl sites for hydroxylation is 1. The minimum atomic E-state index is -3.40. The van der Waals surface area contributed by atoms with Gasteiger partial charge in [0.2, 0.25) is 10.0 Å². The third-order valence-electron chi connectivity index (χ3n) is 4.69. The van der Waals surface area contributed by atoms with E-state index in [1.165, 1.54) is 0 Å². The van der Waals surface area contributed by atoms with E-state index in [1.807, 2.05) is 36.5 Å². The summed E-state index contributed by atoms with van der Waals surface area (Å²) in [5.74, 6) is 1.33. The van der Waals surface area contributed by atoms with Crippen LogP contribution in [0.5, 0.6) is 0 Å². The van der Waals surface area contributed by atoms with E-state index in [0.717, 1.165) is 41.7 Å². The maximum Gasteiger partial charge on any atom is 0.215 e. The van der Waals surface area contributed by atoms with Crippen LogP contribution in [0.1, 0.15) is 17.8 Å². The predicted molar refractivity (Wildman–Crippen MR) is 96.4 cm³/mol. The molecule has 1 aliphatic rings. The van der Waals surface area contributed by atoms with Crippen LogP contribution in [0.3, 0.4) is 0 Å². The Morgan fingerprint density at radius 1 is 1.16 bits per heavy atom. The van der Waals surface area contributed by atoms with Gasteiger partial charge in [-0.3, -0.25) is 4.98 Å². The molecule has 0 bridgehead atoms. The number of pyridine rings is 1. The number of sulfonamides is 1. The largest absolute Gasteiger partial charge is 0.335 e. The zero-order chi connectivity index (χ0) is 17.3. The topological polar surface area (TPSA) is 76.9 Å². The van der Waals surface area contributed by atoms with Crippen LogP contribution in [0.4, 0.5) is 0 Å². The van der Waals surface area contributed by atoms with Gasteiger partial charge in [0.25, 0.3) is 0 Å². The van der Waals surface area contributed by atoms with Gasteiger partial charge in [-0.15, -0.1) is 0 Å². The van der Waals surface area contributed by atoms with E-state index < -0.39 is 10.0 Å². The summed E-state index contributed by atoms with van der Waals surface area (Å²) in [5.41, 5.74) is 1.47. The van der Waals surface area contributed by atoms with E-state index in [-0.39, 0.29) is 5.75 Å². The highest BCUT2D eigenvalue weighted by Gasteiger charge is 2.21. The molecule has 0 amide bonds. The van der Waals surface area contributed by atoms with Gasteiger partial charge in [0.15, 0.2) is 0 Å². The third-order valence-corrected chi connectivity index (χ3v) is 5.98. The zero-order valence-electron chi connectivity index (χ0n) is 13.8. The van der Waals surface area contributed by atoms with Crippen molar-refractivity contribution in [1.29, 1.82) is 0 Å². The highest BCUT2D eigenvalue weighted by molar-refractivity contribution is 7.88. The number of benzene rings is 1. The molecule has 130 valence electrons. The van der Waals surface area contributed by atoms with Crippen LogP contribution in [0.2, 0.25) is 0 Å². The smallest absolute Gasteiger partial charge is 0.215 e. The Kier molecular flexibility index (Phi) is 4.27.